The van der Waals surface area contributed by atoms with E-state index in [2.05, 4.69) is 30.5 Å². The summed E-state index contributed by atoms with van der Waals surface area (Å²) in [5.74, 6) is 0.647. The minimum atomic E-state index is -0.295. The molecule has 3 fully saturated rings. The molecule has 0 heterocycles. The van der Waals surface area contributed by atoms with Gasteiger partial charge in [0.1, 0.15) is 6.10 Å². The molecule has 0 aromatic rings. The molecule has 2 unspecified atom stereocenters. The summed E-state index contributed by atoms with van der Waals surface area (Å²) in [6.07, 6.45) is 6.95. The van der Waals surface area contributed by atoms with Gasteiger partial charge in [-0.15, -0.1) is 0 Å². The lowest BCUT2D eigenvalue weighted by molar-refractivity contribution is -0.173. The largest absolute Gasteiger partial charge is 0.462 e. The Morgan fingerprint density at radius 3 is 2.75 bits per heavy atom. The maximum Gasteiger partial charge on any atom is 0.302 e. The zero-order valence-electron chi connectivity index (χ0n) is 17.6. The first-order chi connectivity index (χ1) is 13.2. The van der Waals surface area contributed by atoms with Gasteiger partial charge in [0.2, 0.25) is 0 Å². The molecule has 0 aromatic heterocycles. The fourth-order valence-electron chi connectivity index (χ4n) is 6.64. The molecular formula is C22H35N3O3. The molecule has 0 amide bonds. The Balaban J connectivity index is 1.92. The Morgan fingerprint density at radius 2 is 2.07 bits per heavy atom. The number of aliphatic hydroxyl groups excluding tert-OH is 1. The standard InChI is InChI=1S/C22H35N3O3/c1-14-5-6-18-20(28-15(2)26)19(8-11-21(14,18)3)22(4)10-7-17(27)13-16(22)9-12-24-25-23/h16-20,27H,1,5-13H2,2-4H3/t16-,17-,18?,19?,20-,21+,22-/m0/s1. The molecule has 6 heteroatoms. The Hall–Kier alpha value is -1.52. The number of azide groups is 1. The molecule has 3 aliphatic rings. The van der Waals surface area contributed by atoms with Crippen LogP contribution in [0.15, 0.2) is 17.3 Å². The zero-order chi connectivity index (χ0) is 20.5. The van der Waals surface area contributed by atoms with Crippen LogP contribution >= 0.6 is 0 Å². The van der Waals surface area contributed by atoms with E-state index in [1.54, 1.807) is 0 Å². The van der Waals surface area contributed by atoms with Gasteiger partial charge < -0.3 is 9.84 Å². The molecule has 3 rings (SSSR count). The molecule has 0 radical (unpaired) electrons. The maximum atomic E-state index is 12.0. The van der Waals surface area contributed by atoms with Crippen molar-refractivity contribution in [2.24, 2.45) is 33.7 Å². The maximum absolute atomic E-state index is 12.0. The van der Waals surface area contributed by atoms with E-state index in [9.17, 15) is 9.90 Å². The predicted molar refractivity (Wildman–Crippen MR) is 108 cm³/mol. The van der Waals surface area contributed by atoms with E-state index in [4.69, 9.17) is 10.3 Å². The minimum Gasteiger partial charge on any atom is -0.462 e. The summed E-state index contributed by atoms with van der Waals surface area (Å²) in [5.41, 5.74) is 10.00. The summed E-state index contributed by atoms with van der Waals surface area (Å²) in [5, 5.41) is 14.0. The molecule has 7 atom stereocenters. The van der Waals surface area contributed by atoms with Gasteiger partial charge in [-0.3, -0.25) is 4.79 Å². The van der Waals surface area contributed by atoms with Crippen molar-refractivity contribution < 1.29 is 14.6 Å². The summed E-state index contributed by atoms with van der Waals surface area (Å²) in [6.45, 7) is 10.9. The fourth-order valence-corrected chi connectivity index (χ4v) is 6.64. The van der Waals surface area contributed by atoms with Crippen LogP contribution in [0.4, 0.5) is 0 Å². The number of hydrogen-bond acceptors (Lipinski definition) is 4. The number of aliphatic hydroxyl groups is 1. The van der Waals surface area contributed by atoms with Gasteiger partial charge in [-0.1, -0.05) is 31.1 Å². The summed E-state index contributed by atoms with van der Waals surface area (Å²) in [7, 11) is 0. The number of ether oxygens (including phenoxy) is 1. The molecule has 0 aromatic carbocycles. The number of fused-ring (bicyclic) bond motifs is 1. The van der Waals surface area contributed by atoms with E-state index in [1.165, 1.54) is 12.5 Å². The second kappa shape index (κ2) is 8.08. The Labute approximate surface area is 168 Å². The van der Waals surface area contributed by atoms with Crippen molar-refractivity contribution in [1.29, 1.82) is 0 Å². The predicted octanol–water partition coefficient (Wildman–Crippen LogP) is 5.17. The monoisotopic (exact) mass is 389 g/mol. The van der Waals surface area contributed by atoms with Crippen LogP contribution in [0.5, 0.6) is 0 Å². The van der Waals surface area contributed by atoms with Crippen LogP contribution in [-0.4, -0.2) is 29.8 Å². The Kier molecular flexibility index (Phi) is 6.11. The first-order valence-electron chi connectivity index (χ1n) is 10.8. The number of allylic oxidation sites excluding steroid dienone is 1. The van der Waals surface area contributed by atoms with Gasteiger partial charge in [-0.25, -0.2) is 0 Å². The molecule has 6 nitrogen and oxygen atoms in total. The van der Waals surface area contributed by atoms with Crippen LogP contribution in [0.25, 0.3) is 10.4 Å². The van der Waals surface area contributed by atoms with Crippen LogP contribution in [0.2, 0.25) is 0 Å². The average Bonchev–Trinajstić information content (AvgIpc) is 2.93. The zero-order valence-corrected chi connectivity index (χ0v) is 17.6. The molecule has 28 heavy (non-hydrogen) atoms. The molecule has 3 aliphatic carbocycles. The van der Waals surface area contributed by atoms with Crippen molar-refractivity contribution in [3.8, 4) is 0 Å². The van der Waals surface area contributed by atoms with Gasteiger partial charge in [0.15, 0.2) is 0 Å². The van der Waals surface area contributed by atoms with Gasteiger partial charge >= 0.3 is 5.97 Å². The number of nitrogens with zero attached hydrogens (tertiary/aromatic N) is 3. The van der Waals surface area contributed by atoms with Gasteiger partial charge in [-0.05, 0) is 73.6 Å². The van der Waals surface area contributed by atoms with Crippen molar-refractivity contribution in [2.75, 3.05) is 6.54 Å². The van der Waals surface area contributed by atoms with Crippen molar-refractivity contribution in [2.45, 2.75) is 84.3 Å². The van der Waals surface area contributed by atoms with Crippen LogP contribution in [0.1, 0.15) is 72.1 Å². The summed E-state index contributed by atoms with van der Waals surface area (Å²) in [4.78, 5) is 14.9. The van der Waals surface area contributed by atoms with Crippen molar-refractivity contribution in [3.05, 3.63) is 22.6 Å². The molecule has 1 N–H and O–H groups in total. The third-order valence-electron chi connectivity index (χ3n) is 8.45. The Bertz CT molecular complexity index is 674. The molecule has 0 aliphatic heterocycles. The fraction of sp³-hybridized carbons (Fsp3) is 0.864. The molecular weight excluding hydrogens is 354 g/mol. The van der Waals surface area contributed by atoms with Gasteiger partial charge in [0.25, 0.3) is 0 Å². The van der Waals surface area contributed by atoms with E-state index >= 15 is 0 Å². The van der Waals surface area contributed by atoms with Crippen LogP contribution in [0.3, 0.4) is 0 Å². The Morgan fingerprint density at radius 1 is 1.32 bits per heavy atom. The summed E-state index contributed by atoms with van der Waals surface area (Å²) >= 11 is 0. The van der Waals surface area contributed by atoms with E-state index < -0.39 is 0 Å². The number of carbonyl (C=O) groups excluding carboxylic acids is 1. The highest BCUT2D eigenvalue weighted by molar-refractivity contribution is 5.66. The lowest BCUT2D eigenvalue weighted by atomic mass is 9.51. The number of carbonyl (C=O) groups is 1. The number of hydrogen-bond donors (Lipinski definition) is 1. The molecule has 0 saturated heterocycles. The lowest BCUT2D eigenvalue weighted by Gasteiger charge is -2.56. The summed E-state index contributed by atoms with van der Waals surface area (Å²) < 4.78 is 6.03. The summed E-state index contributed by atoms with van der Waals surface area (Å²) in [6, 6.07) is 0. The molecule has 0 bridgehead atoms. The topological polar surface area (TPSA) is 95.3 Å². The van der Waals surface area contributed by atoms with Crippen LogP contribution in [0, 0.1) is 28.6 Å². The van der Waals surface area contributed by atoms with Crippen LogP contribution in [-0.2, 0) is 9.53 Å². The first kappa shape index (κ1) is 21.2. The quantitative estimate of drug-likeness (QED) is 0.231. The van der Waals surface area contributed by atoms with Gasteiger partial charge in [0.05, 0.1) is 6.10 Å². The van der Waals surface area contributed by atoms with E-state index in [0.717, 1.165) is 51.4 Å². The highest BCUT2D eigenvalue weighted by atomic mass is 16.5. The highest BCUT2D eigenvalue weighted by Crippen LogP contribution is 2.62. The normalized spacial score (nSPS) is 43.1. The average molecular weight is 390 g/mol. The highest BCUT2D eigenvalue weighted by Gasteiger charge is 2.58. The first-order valence-corrected chi connectivity index (χ1v) is 10.8. The second-order valence-electron chi connectivity index (χ2n) is 9.76. The third-order valence-corrected chi connectivity index (χ3v) is 8.45. The van der Waals surface area contributed by atoms with Crippen LogP contribution < -0.4 is 0 Å². The smallest absolute Gasteiger partial charge is 0.302 e. The third kappa shape index (κ3) is 3.69. The van der Waals surface area contributed by atoms with E-state index in [0.29, 0.717) is 12.5 Å². The SMILES string of the molecule is C=C1CCC2[C@H](OC(C)=O)C([C@@]3(C)CC[C@H](O)C[C@@H]3CCN=[N+]=[N-])CC[C@]12C. The molecule has 0 spiro atoms. The number of esters is 1. The van der Waals surface area contributed by atoms with Crippen molar-refractivity contribution >= 4 is 5.97 Å². The van der Waals surface area contributed by atoms with E-state index in [1.807, 2.05) is 0 Å². The number of rotatable bonds is 5. The van der Waals surface area contributed by atoms with Gasteiger partial charge in [-0.2, -0.15) is 0 Å². The molecule has 156 valence electrons. The molecule has 3 saturated carbocycles. The van der Waals surface area contributed by atoms with Crippen molar-refractivity contribution in [3.63, 3.8) is 0 Å². The van der Waals surface area contributed by atoms with E-state index in [-0.39, 0.29) is 40.8 Å². The van der Waals surface area contributed by atoms with Crippen molar-refractivity contribution in [1.82, 2.24) is 0 Å². The minimum absolute atomic E-state index is 0.0322. The lowest BCUT2D eigenvalue weighted by Crippen LogP contribution is -2.54. The second-order valence-corrected chi connectivity index (χ2v) is 9.76. The van der Waals surface area contributed by atoms with Gasteiger partial charge in [0, 0.05) is 30.2 Å².